The molecule has 4 aliphatic rings. The van der Waals surface area contributed by atoms with E-state index in [1.165, 1.54) is 17.2 Å². The number of hydrogen-bond donors (Lipinski definition) is 0. The van der Waals surface area contributed by atoms with Crippen molar-refractivity contribution in [2.24, 2.45) is 16.3 Å². The summed E-state index contributed by atoms with van der Waals surface area (Å²) in [6.07, 6.45) is 2.79. The molecule has 6 rings (SSSR count). The summed E-state index contributed by atoms with van der Waals surface area (Å²) >= 11 is 0. The summed E-state index contributed by atoms with van der Waals surface area (Å²) in [5.74, 6) is -1.62. The van der Waals surface area contributed by atoms with Crippen molar-refractivity contribution in [3.8, 4) is 5.75 Å². The summed E-state index contributed by atoms with van der Waals surface area (Å²) in [4.78, 5) is 32.4. The SMILES string of the molecule is COc1ccc(CN2C(=O)C3C(c4ccccc4)C4N=CC3(C=C4F)C2=O)cc1. The molecular formula is C23H19FN2O3. The van der Waals surface area contributed by atoms with Gasteiger partial charge in [0.1, 0.15) is 23.0 Å². The third kappa shape index (κ3) is 2.48. The van der Waals surface area contributed by atoms with Crippen LogP contribution in [0.25, 0.3) is 0 Å². The molecule has 29 heavy (non-hydrogen) atoms. The lowest BCUT2D eigenvalue weighted by Crippen LogP contribution is -2.49. The lowest BCUT2D eigenvalue weighted by Gasteiger charge is -2.42. The Morgan fingerprint density at radius 1 is 1.10 bits per heavy atom. The molecule has 0 saturated carbocycles. The first-order chi connectivity index (χ1) is 14.0. The maximum absolute atomic E-state index is 14.8. The van der Waals surface area contributed by atoms with E-state index in [2.05, 4.69) is 4.99 Å². The second-order valence-electron chi connectivity index (χ2n) is 7.68. The van der Waals surface area contributed by atoms with Crippen molar-refractivity contribution in [1.29, 1.82) is 0 Å². The minimum absolute atomic E-state index is 0.134. The van der Waals surface area contributed by atoms with Gasteiger partial charge in [-0.25, -0.2) is 4.39 Å². The normalized spacial score (nSPS) is 29.8. The third-order valence-corrected chi connectivity index (χ3v) is 6.15. The average molecular weight is 390 g/mol. The minimum Gasteiger partial charge on any atom is -0.497 e. The third-order valence-electron chi connectivity index (χ3n) is 6.15. The van der Waals surface area contributed by atoms with Gasteiger partial charge in [0, 0.05) is 12.1 Å². The zero-order valence-electron chi connectivity index (χ0n) is 15.8. The van der Waals surface area contributed by atoms with Crippen molar-refractivity contribution in [2.75, 3.05) is 7.11 Å². The monoisotopic (exact) mass is 390 g/mol. The summed E-state index contributed by atoms with van der Waals surface area (Å²) in [5, 5.41) is 0. The van der Waals surface area contributed by atoms with Crippen LogP contribution in [0.5, 0.6) is 5.75 Å². The molecule has 0 radical (unpaired) electrons. The lowest BCUT2D eigenvalue weighted by molar-refractivity contribution is -0.140. The Kier molecular flexibility index (Phi) is 3.91. The predicted octanol–water partition coefficient (Wildman–Crippen LogP) is 3.27. The van der Waals surface area contributed by atoms with Crippen LogP contribution in [-0.4, -0.2) is 36.1 Å². The van der Waals surface area contributed by atoms with Gasteiger partial charge in [-0.2, -0.15) is 0 Å². The van der Waals surface area contributed by atoms with E-state index in [0.717, 1.165) is 11.1 Å². The quantitative estimate of drug-likeness (QED) is 0.753. The lowest BCUT2D eigenvalue weighted by atomic mass is 9.61. The highest BCUT2D eigenvalue weighted by Gasteiger charge is 2.66. The van der Waals surface area contributed by atoms with E-state index in [9.17, 15) is 14.0 Å². The number of benzene rings is 2. The van der Waals surface area contributed by atoms with E-state index < -0.39 is 35.0 Å². The summed E-state index contributed by atoms with van der Waals surface area (Å²) in [6.45, 7) is 0.134. The van der Waals surface area contributed by atoms with E-state index in [1.54, 1.807) is 19.2 Å². The van der Waals surface area contributed by atoms with Crippen molar-refractivity contribution in [3.05, 3.63) is 77.6 Å². The molecular weight excluding hydrogens is 371 g/mol. The van der Waals surface area contributed by atoms with E-state index in [0.29, 0.717) is 5.75 Å². The number of carbonyl (C=O) groups is 2. The number of nitrogens with zero attached hydrogens (tertiary/aromatic N) is 2. The molecule has 4 unspecified atom stereocenters. The molecule has 3 aliphatic heterocycles. The van der Waals surface area contributed by atoms with Gasteiger partial charge in [0.25, 0.3) is 0 Å². The fraction of sp³-hybridized carbons (Fsp3) is 0.261. The zero-order valence-corrected chi connectivity index (χ0v) is 15.8. The van der Waals surface area contributed by atoms with Crippen LogP contribution in [0.4, 0.5) is 4.39 Å². The topological polar surface area (TPSA) is 59.0 Å². The second kappa shape index (κ2) is 6.37. The Hall–Kier alpha value is -3.28. The molecule has 146 valence electrons. The zero-order chi connectivity index (χ0) is 20.2. The molecule has 1 aliphatic carbocycles. The van der Waals surface area contributed by atoms with Crippen LogP contribution < -0.4 is 4.74 Å². The molecule has 2 bridgehead atoms. The number of imide groups is 1. The molecule has 3 heterocycles. The van der Waals surface area contributed by atoms with Crippen LogP contribution in [0.2, 0.25) is 0 Å². The van der Waals surface area contributed by atoms with Crippen LogP contribution in [0.1, 0.15) is 17.0 Å². The van der Waals surface area contributed by atoms with Gasteiger partial charge >= 0.3 is 0 Å². The van der Waals surface area contributed by atoms with Gasteiger partial charge in [-0.15, -0.1) is 0 Å². The van der Waals surface area contributed by atoms with Gasteiger partial charge < -0.3 is 4.74 Å². The number of hydrogen-bond acceptors (Lipinski definition) is 4. The molecule has 4 atom stereocenters. The molecule has 2 aromatic carbocycles. The van der Waals surface area contributed by atoms with Crippen molar-refractivity contribution in [1.82, 2.24) is 4.90 Å². The summed E-state index contributed by atoms with van der Waals surface area (Å²) in [7, 11) is 1.58. The van der Waals surface area contributed by atoms with Gasteiger partial charge in [-0.05, 0) is 29.3 Å². The first-order valence-corrected chi connectivity index (χ1v) is 9.51. The van der Waals surface area contributed by atoms with Gasteiger partial charge in [0.05, 0.1) is 19.6 Å². The molecule has 0 aromatic heterocycles. The van der Waals surface area contributed by atoms with Crippen LogP contribution in [0.15, 0.2) is 71.5 Å². The van der Waals surface area contributed by atoms with E-state index >= 15 is 0 Å². The first-order valence-electron chi connectivity index (χ1n) is 9.51. The summed E-state index contributed by atoms with van der Waals surface area (Å²) in [6, 6.07) is 15.7. The number of aliphatic imine (C=N–C) groups is 1. The molecule has 0 N–H and O–H groups in total. The van der Waals surface area contributed by atoms with Crippen LogP contribution in [-0.2, 0) is 16.1 Å². The number of dihydropyridines is 1. The number of rotatable bonds is 4. The summed E-state index contributed by atoms with van der Waals surface area (Å²) < 4.78 is 20.0. The highest BCUT2D eigenvalue weighted by molar-refractivity contribution is 6.18. The number of methoxy groups -OCH3 is 1. The fourth-order valence-corrected chi connectivity index (χ4v) is 4.76. The van der Waals surface area contributed by atoms with Gasteiger partial charge in [-0.1, -0.05) is 42.5 Å². The van der Waals surface area contributed by atoms with Crippen LogP contribution in [0, 0.1) is 11.3 Å². The molecule has 2 amide bonds. The molecule has 1 spiro atoms. The summed E-state index contributed by atoms with van der Waals surface area (Å²) in [5.41, 5.74) is 0.275. The van der Waals surface area contributed by atoms with Crippen LogP contribution in [0.3, 0.4) is 0 Å². The number of ether oxygens (including phenoxy) is 1. The molecule has 5 nitrogen and oxygen atoms in total. The number of likely N-dealkylation sites (tertiary alicyclic amines) is 1. The molecule has 1 fully saturated rings. The number of amides is 2. The second-order valence-corrected chi connectivity index (χ2v) is 7.68. The minimum atomic E-state index is -1.34. The van der Waals surface area contributed by atoms with Crippen LogP contribution >= 0.6 is 0 Å². The van der Waals surface area contributed by atoms with E-state index in [1.807, 2.05) is 42.5 Å². The number of halogens is 1. The van der Waals surface area contributed by atoms with Gasteiger partial charge in [0.2, 0.25) is 11.8 Å². The molecule has 2 aromatic rings. The Morgan fingerprint density at radius 2 is 1.83 bits per heavy atom. The highest BCUT2D eigenvalue weighted by Crippen LogP contribution is 2.56. The molecule has 6 heteroatoms. The van der Waals surface area contributed by atoms with E-state index in [-0.39, 0.29) is 12.5 Å². The van der Waals surface area contributed by atoms with Crippen molar-refractivity contribution < 1.29 is 18.7 Å². The van der Waals surface area contributed by atoms with Gasteiger partial charge in [0.15, 0.2) is 0 Å². The number of carbonyl (C=O) groups excluding carboxylic acids is 2. The Labute approximate surface area is 167 Å². The van der Waals surface area contributed by atoms with Crippen molar-refractivity contribution in [2.45, 2.75) is 18.5 Å². The Morgan fingerprint density at radius 3 is 2.48 bits per heavy atom. The van der Waals surface area contributed by atoms with Gasteiger partial charge in [-0.3, -0.25) is 19.5 Å². The fourth-order valence-electron chi connectivity index (χ4n) is 4.76. The van der Waals surface area contributed by atoms with Crippen molar-refractivity contribution in [3.63, 3.8) is 0 Å². The predicted molar refractivity (Wildman–Crippen MR) is 105 cm³/mol. The Balaban J connectivity index is 1.55. The highest BCUT2D eigenvalue weighted by atomic mass is 19.1. The van der Waals surface area contributed by atoms with E-state index in [4.69, 9.17) is 4.74 Å². The maximum Gasteiger partial charge on any atom is 0.245 e. The Bertz CT molecular complexity index is 1050. The maximum atomic E-state index is 14.8. The smallest absolute Gasteiger partial charge is 0.245 e. The van der Waals surface area contributed by atoms with Crippen molar-refractivity contribution >= 4 is 18.0 Å². The standard InChI is InChI=1S/C23H19FN2O3/c1-29-16-9-7-14(8-10-16)12-26-21(27)19-18(15-5-3-2-4-6-15)20-17(24)11-23(19,13-25-20)22(26)28/h2-11,13,18-20H,12H2,1H3. The largest absolute Gasteiger partial charge is 0.497 e. The average Bonchev–Trinajstić information content (AvgIpc) is 2.96. The first kappa shape index (κ1) is 17.8. The molecule has 1 saturated heterocycles.